The number of nitrogens with one attached hydrogen (secondary N) is 1. The summed E-state index contributed by atoms with van der Waals surface area (Å²) in [4.78, 5) is 16.4. The summed E-state index contributed by atoms with van der Waals surface area (Å²) in [6.45, 7) is 9.17. The summed E-state index contributed by atoms with van der Waals surface area (Å²) in [5, 5.41) is 13.0. The van der Waals surface area contributed by atoms with Crippen LogP contribution < -0.4 is 10.2 Å². The number of carbonyl (C=O) groups is 1. The van der Waals surface area contributed by atoms with E-state index < -0.39 is 0 Å². The van der Waals surface area contributed by atoms with Crippen molar-refractivity contribution in [2.45, 2.75) is 26.2 Å². The normalized spacial score (nSPS) is 15.0. The Morgan fingerprint density at radius 3 is 2.15 bits per heavy atom. The summed E-state index contributed by atoms with van der Waals surface area (Å²) in [5.74, 6) is 0.282. The minimum Gasteiger partial charge on any atom is -0.506 e. The van der Waals surface area contributed by atoms with E-state index in [9.17, 15) is 9.90 Å². The van der Waals surface area contributed by atoms with Crippen LogP contribution in [0.1, 0.15) is 26.3 Å². The van der Waals surface area contributed by atoms with Crippen molar-refractivity contribution >= 4 is 17.4 Å². The van der Waals surface area contributed by atoms with Crippen LogP contribution in [0.25, 0.3) is 0 Å². The molecule has 0 unspecified atom stereocenters. The fourth-order valence-electron chi connectivity index (χ4n) is 3.14. The highest BCUT2D eigenvalue weighted by atomic mass is 16.3. The average Bonchev–Trinajstić information content (AvgIpc) is 2.62. The third kappa shape index (κ3) is 4.10. The molecule has 1 aliphatic heterocycles. The van der Waals surface area contributed by atoms with Gasteiger partial charge in [-0.2, -0.15) is 0 Å². The van der Waals surface area contributed by atoms with Crippen molar-refractivity contribution in [1.29, 1.82) is 0 Å². The van der Waals surface area contributed by atoms with Gasteiger partial charge >= 0.3 is 6.03 Å². The molecule has 2 aromatic carbocycles. The van der Waals surface area contributed by atoms with E-state index in [0.29, 0.717) is 26.2 Å². The largest absolute Gasteiger partial charge is 0.506 e. The average molecular weight is 353 g/mol. The Kier molecular flexibility index (Phi) is 5.07. The molecular weight excluding hydrogens is 326 g/mol. The molecule has 0 aliphatic carbocycles. The molecule has 0 atom stereocenters. The summed E-state index contributed by atoms with van der Waals surface area (Å²) in [6, 6.07) is 15.3. The van der Waals surface area contributed by atoms with Crippen LogP contribution in [-0.2, 0) is 5.41 Å². The van der Waals surface area contributed by atoms with Gasteiger partial charge in [0.15, 0.2) is 0 Å². The van der Waals surface area contributed by atoms with Gasteiger partial charge < -0.3 is 20.2 Å². The number of hydrogen-bond donors (Lipinski definition) is 2. The van der Waals surface area contributed by atoms with Gasteiger partial charge in [0, 0.05) is 31.9 Å². The zero-order valence-electron chi connectivity index (χ0n) is 15.7. The smallest absolute Gasteiger partial charge is 0.321 e. The van der Waals surface area contributed by atoms with E-state index in [1.54, 1.807) is 6.07 Å². The maximum Gasteiger partial charge on any atom is 0.321 e. The first kappa shape index (κ1) is 18.1. The maximum absolute atomic E-state index is 12.5. The van der Waals surface area contributed by atoms with E-state index in [-0.39, 0.29) is 17.2 Å². The lowest BCUT2D eigenvalue weighted by Crippen LogP contribution is -2.50. The number of benzene rings is 2. The Balaban J connectivity index is 1.56. The van der Waals surface area contributed by atoms with Gasteiger partial charge in [-0.05, 0) is 35.2 Å². The van der Waals surface area contributed by atoms with Crippen molar-refractivity contribution in [2.24, 2.45) is 0 Å². The van der Waals surface area contributed by atoms with Gasteiger partial charge in [0.2, 0.25) is 0 Å². The van der Waals surface area contributed by atoms with Crippen LogP contribution in [0.2, 0.25) is 0 Å². The van der Waals surface area contributed by atoms with Gasteiger partial charge in [0.1, 0.15) is 5.75 Å². The van der Waals surface area contributed by atoms with Crippen LogP contribution >= 0.6 is 0 Å². The highest BCUT2D eigenvalue weighted by Gasteiger charge is 2.22. The molecule has 2 amide bonds. The number of carbonyl (C=O) groups excluding carboxylic acids is 1. The summed E-state index contributed by atoms with van der Waals surface area (Å²) < 4.78 is 0. The Hall–Kier alpha value is -2.69. The summed E-state index contributed by atoms with van der Waals surface area (Å²) in [6.07, 6.45) is 0. The summed E-state index contributed by atoms with van der Waals surface area (Å²) in [5.41, 5.74) is 2.98. The molecule has 0 bridgehead atoms. The molecule has 0 saturated carbocycles. The summed E-state index contributed by atoms with van der Waals surface area (Å²) in [7, 11) is 0. The molecule has 1 saturated heterocycles. The molecule has 1 aliphatic rings. The molecule has 0 aromatic heterocycles. The molecule has 1 heterocycles. The Bertz CT molecular complexity index is 758. The van der Waals surface area contributed by atoms with E-state index >= 15 is 0 Å². The van der Waals surface area contributed by atoms with Gasteiger partial charge in [-0.1, -0.05) is 45.0 Å². The fourth-order valence-corrected chi connectivity index (χ4v) is 3.14. The third-order valence-corrected chi connectivity index (χ3v) is 4.79. The van der Waals surface area contributed by atoms with Crippen LogP contribution in [0.5, 0.6) is 5.75 Å². The lowest BCUT2D eigenvalue weighted by Gasteiger charge is -2.36. The second-order valence-corrected chi connectivity index (χ2v) is 7.72. The molecule has 1 fully saturated rings. The Morgan fingerprint density at radius 1 is 0.962 bits per heavy atom. The molecular formula is C21H27N3O2. The van der Waals surface area contributed by atoms with E-state index in [1.165, 1.54) is 5.56 Å². The molecule has 26 heavy (non-hydrogen) atoms. The first-order chi connectivity index (χ1) is 12.3. The van der Waals surface area contributed by atoms with Gasteiger partial charge in [0.25, 0.3) is 0 Å². The lowest BCUT2D eigenvalue weighted by molar-refractivity contribution is 0.208. The number of nitrogens with zero attached hydrogens (tertiary/aromatic N) is 2. The predicted molar refractivity (Wildman–Crippen MR) is 106 cm³/mol. The number of aromatic hydroxyl groups is 1. The molecule has 2 aromatic rings. The zero-order valence-corrected chi connectivity index (χ0v) is 15.7. The van der Waals surface area contributed by atoms with Crippen LogP contribution in [0, 0.1) is 0 Å². The van der Waals surface area contributed by atoms with E-state index in [2.05, 4.69) is 43.1 Å². The molecule has 5 nitrogen and oxygen atoms in total. The number of hydrogen-bond acceptors (Lipinski definition) is 3. The Morgan fingerprint density at radius 2 is 1.58 bits per heavy atom. The van der Waals surface area contributed by atoms with Crippen molar-refractivity contribution in [1.82, 2.24) is 4.90 Å². The third-order valence-electron chi connectivity index (χ3n) is 4.79. The maximum atomic E-state index is 12.5. The highest BCUT2D eigenvalue weighted by Crippen LogP contribution is 2.27. The first-order valence-electron chi connectivity index (χ1n) is 9.04. The van der Waals surface area contributed by atoms with Crippen molar-refractivity contribution in [3.05, 3.63) is 54.1 Å². The molecule has 2 N–H and O–H groups in total. The number of phenols is 1. The number of urea groups is 1. The monoisotopic (exact) mass is 353 g/mol. The Labute approximate surface area is 155 Å². The number of anilines is 2. The highest BCUT2D eigenvalue weighted by molar-refractivity contribution is 5.89. The van der Waals surface area contributed by atoms with E-state index in [4.69, 9.17) is 0 Å². The van der Waals surface area contributed by atoms with Gasteiger partial charge in [-0.3, -0.25) is 0 Å². The van der Waals surface area contributed by atoms with Gasteiger partial charge in [-0.15, -0.1) is 0 Å². The number of amides is 2. The van der Waals surface area contributed by atoms with Crippen LogP contribution in [-0.4, -0.2) is 42.2 Å². The molecule has 0 spiro atoms. The second kappa shape index (κ2) is 7.28. The molecule has 5 heteroatoms. The minimum absolute atomic E-state index is 0.0783. The minimum atomic E-state index is -0.0783. The number of rotatable bonds is 2. The lowest BCUT2D eigenvalue weighted by atomic mass is 9.87. The van der Waals surface area contributed by atoms with Crippen molar-refractivity contribution in [3.63, 3.8) is 0 Å². The summed E-state index contributed by atoms with van der Waals surface area (Å²) >= 11 is 0. The van der Waals surface area contributed by atoms with E-state index in [1.807, 2.05) is 35.2 Å². The van der Waals surface area contributed by atoms with Gasteiger partial charge in [-0.25, -0.2) is 4.79 Å². The van der Waals surface area contributed by atoms with Crippen LogP contribution in [0.4, 0.5) is 16.2 Å². The second-order valence-electron chi connectivity index (χ2n) is 7.72. The number of para-hydroxylation sites is 2. The quantitative estimate of drug-likeness (QED) is 0.856. The molecule has 3 rings (SSSR count). The fraction of sp³-hybridized carbons (Fsp3) is 0.381. The van der Waals surface area contributed by atoms with Crippen molar-refractivity contribution < 1.29 is 9.90 Å². The topological polar surface area (TPSA) is 55.8 Å². The molecule has 0 radical (unpaired) electrons. The number of piperazine rings is 1. The van der Waals surface area contributed by atoms with Gasteiger partial charge in [0.05, 0.1) is 5.69 Å². The standard InChI is InChI=1S/C21H27N3O2/c1-21(2,3)16-8-10-17(11-9-16)22-20(26)24-14-12-23(13-15-24)18-6-4-5-7-19(18)25/h4-11,25H,12-15H2,1-3H3,(H,22,26). The predicted octanol–water partition coefficient (Wildman–Crippen LogP) is 4.04. The first-order valence-corrected chi connectivity index (χ1v) is 9.04. The van der Waals surface area contributed by atoms with E-state index in [0.717, 1.165) is 11.4 Å². The zero-order chi connectivity index (χ0) is 18.7. The SMILES string of the molecule is CC(C)(C)c1ccc(NC(=O)N2CCN(c3ccccc3O)CC2)cc1. The number of phenolic OH excluding ortho intramolecular Hbond substituents is 1. The van der Waals surface area contributed by atoms with Crippen molar-refractivity contribution in [3.8, 4) is 5.75 Å². The van der Waals surface area contributed by atoms with Crippen LogP contribution in [0.3, 0.4) is 0 Å². The van der Waals surface area contributed by atoms with Crippen molar-refractivity contribution in [2.75, 3.05) is 36.4 Å². The van der Waals surface area contributed by atoms with Crippen LogP contribution in [0.15, 0.2) is 48.5 Å². The molecule has 138 valence electrons.